The molecule has 0 fully saturated rings. The first kappa shape index (κ1) is 10.6. The minimum Gasteiger partial charge on any atom is -0.427 e. The van der Waals surface area contributed by atoms with E-state index in [4.69, 9.17) is 0 Å². The van der Waals surface area contributed by atoms with Gasteiger partial charge in [0.2, 0.25) is 0 Å². The Balaban J connectivity index is 2.84. The van der Waals surface area contributed by atoms with E-state index in [1.54, 1.807) is 0 Å². The van der Waals surface area contributed by atoms with Crippen molar-refractivity contribution in [1.82, 2.24) is 0 Å². The molecule has 1 aromatic carbocycles. The smallest absolute Gasteiger partial charge is 0.416 e. The highest BCUT2D eigenvalue weighted by Crippen LogP contribution is 2.30. The molecule has 0 aromatic heterocycles. The quantitative estimate of drug-likeness (QED) is 0.519. The molecule has 0 radical (unpaired) electrons. The third-order valence-electron chi connectivity index (χ3n) is 1.44. The van der Waals surface area contributed by atoms with Crippen LogP contribution in [0, 0.1) is 0 Å². The highest BCUT2D eigenvalue weighted by Gasteiger charge is 2.30. The molecule has 0 aliphatic heterocycles. The molecule has 2 nitrogen and oxygen atoms in total. The molecule has 14 heavy (non-hydrogen) atoms. The van der Waals surface area contributed by atoms with Gasteiger partial charge in [0, 0.05) is 6.92 Å². The van der Waals surface area contributed by atoms with E-state index in [2.05, 4.69) is 4.74 Å². The Bertz CT molecular complexity index is 327. The SMILES string of the molecule is CC(=O)Oc1ccc(C(F)(F)F)cc1. The first-order valence-electron chi connectivity index (χ1n) is 3.75. The van der Waals surface area contributed by atoms with Crippen LogP contribution in [0.2, 0.25) is 0 Å². The van der Waals surface area contributed by atoms with Crippen LogP contribution in [-0.4, -0.2) is 5.97 Å². The minimum absolute atomic E-state index is 0.102. The van der Waals surface area contributed by atoms with E-state index in [0.29, 0.717) is 0 Å². The van der Waals surface area contributed by atoms with Crippen LogP contribution in [0.3, 0.4) is 0 Å². The van der Waals surface area contributed by atoms with Gasteiger partial charge in [0.15, 0.2) is 0 Å². The normalized spacial score (nSPS) is 11.1. The van der Waals surface area contributed by atoms with Crippen molar-refractivity contribution in [2.45, 2.75) is 13.1 Å². The second-order valence-electron chi connectivity index (χ2n) is 2.62. The molecule has 0 saturated heterocycles. The summed E-state index contributed by atoms with van der Waals surface area (Å²) in [4.78, 5) is 10.5. The standard InChI is InChI=1S/C9H7F3O2/c1-6(13)14-8-4-2-7(3-5-8)9(10,11)12/h2-5H,1H3. The number of hydrogen-bond donors (Lipinski definition) is 0. The summed E-state index contributed by atoms with van der Waals surface area (Å²) >= 11 is 0. The molecule has 0 atom stereocenters. The number of rotatable bonds is 1. The number of benzene rings is 1. The summed E-state index contributed by atoms with van der Waals surface area (Å²) in [6, 6.07) is 3.92. The molecule has 0 N–H and O–H groups in total. The van der Waals surface area contributed by atoms with Crippen LogP contribution in [-0.2, 0) is 11.0 Å². The molecule has 0 spiro atoms. The predicted octanol–water partition coefficient (Wildman–Crippen LogP) is 2.63. The maximum Gasteiger partial charge on any atom is 0.416 e. The largest absolute Gasteiger partial charge is 0.427 e. The van der Waals surface area contributed by atoms with E-state index in [0.717, 1.165) is 24.3 Å². The number of alkyl halides is 3. The highest BCUT2D eigenvalue weighted by atomic mass is 19.4. The summed E-state index contributed by atoms with van der Waals surface area (Å²) in [6.45, 7) is 1.18. The Labute approximate surface area is 78.3 Å². The van der Waals surface area contributed by atoms with Gasteiger partial charge in [0.1, 0.15) is 5.75 Å². The van der Waals surface area contributed by atoms with Crippen molar-refractivity contribution in [3.8, 4) is 5.75 Å². The highest BCUT2D eigenvalue weighted by molar-refractivity contribution is 5.69. The second kappa shape index (κ2) is 3.69. The Morgan fingerprint density at radius 1 is 1.21 bits per heavy atom. The van der Waals surface area contributed by atoms with Crippen molar-refractivity contribution in [2.75, 3.05) is 0 Å². The van der Waals surface area contributed by atoms with Crippen molar-refractivity contribution < 1.29 is 22.7 Å². The number of halogens is 3. The lowest BCUT2D eigenvalue weighted by Gasteiger charge is -2.06. The molecule has 1 rings (SSSR count). The monoisotopic (exact) mass is 204 g/mol. The maximum atomic E-state index is 12.1. The summed E-state index contributed by atoms with van der Waals surface area (Å²) in [5, 5.41) is 0. The van der Waals surface area contributed by atoms with Gasteiger partial charge in [-0.15, -0.1) is 0 Å². The molecule has 1 aromatic rings. The van der Waals surface area contributed by atoms with Crippen molar-refractivity contribution in [3.63, 3.8) is 0 Å². The summed E-state index contributed by atoms with van der Waals surface area (Å²) in [6.07, 6.45) is -4.37. The van der Waals surface area contributed by atoms with E-state index in [-0.39, 0.29) is 5.75 Å². The number of ether oxygens (including phenoxy) is 1. The molecule has 0 aliphatic rings. The summed E-state index contributed by atoms with van der Waals surface area (Å²) in [7, 11) is 0. The summed E-state index contributed by atoms with van der Waals surface area (Å²) in [5.74, 6) is -0.463. The maximum absolute atomic E-state index is 12.1. The number of esters is 1. The minimum atomic E-state index is -4.37. The third-order valence-corrected chi connectivity index (χ3v) is 1.44. The Morgan fingerprint density at radius 3 is 2.07 bits per heavy atom. The molecule has 0 bridgehead atoms. The van der Waals surface area contributed by atoms with E-state index in [1.807, 2.05) is 0 Å². The second-order valence-corrected chi connectivity index (χ2v) is 2.62. The number of hydrogen-bond acceptors (Lipinski definition) is 2. The van der Waals surface area contributed by atoms with Gasteiger partial charge in [-0.2, -0.15) is 13.2 Å². The zero-order valence-electron chi connectivity index (χ0n) is 7.26. The molecular formula is C9H7F3O2. The van der Waals surface area contributed by atoms with Gasteiger partial charge in [-0.3, -0.25) is 4.79 Å². The summed E-state index contributed by atoms with van der Waals surface area (Å²) < 4.78 is 40.8. The molecule has 5 heteroatoms. The van der Waals surface area contributed by atoms with Gasteiger partial charge in [0.25, 0.3) is 0 Å². The molecular weight excluding hydrogens is 197 g/mol. The topological polar surface area (TPSA) is 26.3 Å². The number of carbonyl (C=O) groups excluding carboxylic acids is 1. The summed E-state index contributed by atoms with van der Waals surface area (Å²) in [5.41, 5.74) is -0.770. The molecule has 0 amide bonds. The van der Waals surface area contributed by atoms with Crippen LogP contribution in [0.5, 0.6) is 5.75 Å². The van der Waals surface area contributed by atoms with E-state index in [1.165, 1.54) is 6.92 Å². The Hall–Kier alpha value is -1.52. The lowest BCUT2D eigenvalue weighted by Crippen LogP contribution is -2.05. The fourth-order valence-corrected chi connectivity index (χ4v) is 0.878. The Kier molecular flexibility index (Phi) is 2.78. The average Bonchev–Trinajstić information content (AvgIpc) is 2.02. The predicted molar refractivity (Wildman–Crippen MR) is 42.8 cm³/mol. The van der Waals surface area contributed by atoms with Gasteiger partial charge in [-0.05, 0) is 24.3 Å². The van der Waals surface area contributed by atoms with Crippen LogP contribution >= 0.6 is 0 Å². The molecule has 0 unspecified atom stereocenters. The molecule has 0 heterocycles. The van der Waals surface area contributed by atoms with Crippen molar-refractivity contribution in [2.24, 2.45) is 0 Å². The lowest BCUT2D eigenvalue weighted by molar-refractivity contribution is -0.137. The van der Waals surface area contributed by atoms with Crippen molar-refractivity contribution in [1.29, 1.82) is 0 Å². The van der Waals surface area contributed by atoms with Crippen LogP contribution in [0.4, 0.5) is 13.2 Å². The van der Waals surface area contributed by atoms with Crippen LogP contribution < -0.4 is 4.74 Å². The fourth-order valence-electron chi connectivity index (χ4n) is 0.878. The van der Waals surface area contributed by atoms with Gasteiger partial charge in [-0.1, -0.05) is 0 Å². The van der Waals surface area contributed by atoms with Crippen molar-refractivity contribution in [3.05, 3.63) is 29.8 Å². The van der Waals surface area contributed by atoms with Gasteiger partial charge >= 0.3 is 12.1 Å². The zero-order valence-corrected chi connectivity index (χ0v) is 7.26. The molecule has 0 aliphatic carbocycles. The molecule has 0 saturated carbocycles. The first-order valence-corrected chi connectivity index (χ1v) is 3.75. The first-order chi connectivity index (χ1) is 6.39. The van der Waals surface area contributed by atoms with E-state index >= 15 is 0 Å². The van der Waals surface area contributed by atoms with Gasteiger partial charge < -0.3 is 4.74 Å². The Morgan fingerprint density at radius 2 is 1.71 bits per heavy atom. The zero-order chi connectivity index (χ0) is 10.8. The molecule has 76 valence electrons. The average molecular weight is 204 g/mol. The lowest BCUT2D eigenvalue weighted by atomic mass is 10.2. The van der Waals surface area contributed by atoms with Crippen LogP contribution in [0.15, 0.2) is 24.3 Å². The van der Waals surface area contributed by atoms with E-state index < -0.39 is 17.7 Å². The third kappa shape index (κ3) is 2.76. The van der Waals surface area contributed by atoms with E-state index in [9.17, 15) is 18.0 Å². The van der Waals surface area contributed by atoms with Crippen LogP contribution in [0.25, 0.3) is 0 Å². The van der Waals surface area contributed by atoms with Crippen molar-refractivity contribution >= 4 is 5.97 Å². The van der Waals surface area contributed by atoms with Gasteiger partial charge in [0.05, 0.1) is 5.56 Å². The fraction of sp³-hybridized carbons (Fsp3) is 0.222. The number of carbonyl (C=O) groups is 1. The van der Waals surface area contributed by atoms with Gasteiger partial charge in [-0.25, -0.2) is 0 Å². The van der Waals surface area contributed by atoms with Crippen LogP contribution in [0.1, 0.15) is 12.5 Å².